The highest BCUT2D eigenvalue weighted by molar-refractivity contribution is 7.14. The van der Waals surface area contributed by atoms with Crippen molar-refractivity contribution in [2.75, 3.05) is 37.1 Å². The van der Waals surface area contributed by atoms with Crippen LogP contribution in [-0.4, -0.2) is 72.6 Å². The molecule has 34 heavy (non-hydrogen) atoms. The first kappa shape index (κ1) is 26.3. The Kier molecular flexibility index (Phi) is 11.1. The van der Waals surface area contributed by atoms with Crippen LogP contribution in [0.5, 0.6) is 0 Å². The zero-order chi connectivity index (χ0) is 24.8. The van der Waals surface area contributed by atoms with Gasteiger partial charge in [-0.3, -0.25) is 20.2 Å². The lowest BCUT2D eigenvalue weighted by Crippen LogP contribution is -2.29. The SMILES string of the molecule is CCOC(=O)CO/N=C/c1csc(NC(=O)C(=O)Nc2nc(/C=N/OCC(=O)OCC)cs2)n1. The Morgan fingerprint density at radius 3 is 1.62 bits per heavy atom. The van der Waals surface area contributed by atoms with Crippen molar-refractivity contribution >= 4 is 69.1 Å². The van der Waals surface area contributed by atoms with E-state index >= 15 is 0 Å². The second-order valence-corrected chi connectivity index (χ2v) is 7.41. The Morgan fingerprint density at radius 1 is 0.824 bits per heavy atom. The van der Waals surface area contributed by atoms with E-state index in [0.29, 0.717) is 11.4 Å². The summed E-state index contributed by atoms with van der Waals surface area (Å²) in [5.41, 5.74) is 0.692. The number of hydrogen-bond donors (Lipinski definition) is 2. The number of amides is 2. The molecular weight excluding hydrogens is 492 g/mol. The quantitative estimate of drug-likeness (QED) is 0.180. The molecular formula is C18H20N6O8S2. The van der Waals surface area contributed by atoms with Crippen molar-refractivity contribution in [2.24, 2.45) is 10.3 Å². The number of nitrogens with one attached hydrogen (secondary N) is 2. The van der Waals surface area contributed by atoms with Crippen LogP contribution in [0.15, 0.2) is 21.1 Å². The van der Waals surface area contributed by atoms with E-state index < -0.39 is 23.8 Å². The molecule has 0 atom stereocenters. The summed E-state index contributed by atoms with van der Waals surface area (Å²) < 4.78 is 9.36. The highest BCUT2D eigenvalue weighted by Gasteiger charge is 2.17. The van der Waals surface area contributed by atoms with Gasteiger partial charge in [0.15, 0.2) is 10.3 Å². The van der Waals surface area contributed by atoms with Crippen molar-refractivity contribution in [1.29, 1.82) is 0 Å². The number of oxime groups is 2. The molecule has 2 amide bonds. The second-order valence-electron chi connectivity index (χ2n) is 5.69. The van der Waals surface area contributed by atoms with E-state index in [-0.39, 0.29) is 36.7 Å². The molecule has 16 heteroatoms. The molecule has 0 radical (unpaired) electrons. The summed E-state index contributed by atoms with van der Waals surface area (Å²) in [6.07, 6.45) is 2.47. The number of carbonyl (C=O) groups excluding carboxylic acids is 4. The van der Waals surface area contributed by atoms with Gasteiger partial charge in [0, 0.05) is 10.8 Å². The highest BCUT2D eigenvalue weighted by atomic mass is 32.1. The molecule has 0 aliphatic carbocycles. The topological polar surface area (TPSA) is 180 Å². The van der Waals surface area contributed by atoms with E-state index in [9.17, 15) is 19.2 Å². The van der Waals surface area contributed by atoms with E-state index in [4.69, 9.17) is 9.68 Å². The predicted octanol–water partition coefficient (Wildman–Crippen LogP) is 1.00. The fourth-order valence-corrected chi connectivity index (χ4v) is 3.19. The molecule has 0 saturated carbocycles. The minimum Gasteiger partial charge on any atom is -0.463 e. The molecule has 0 fully saturated rings. The summed E-state index contributed by atoms with van der Waals surface area (Å²) in [5.74, 6) is -3.03. The van der Waals surface area contributed by atoms with Gasteiger partial charge < -0.3 is 19.1 Å². The molecule has 0 aromatic carbocycles. The summed E-state index contributed by atoms with van der Waals surface area (Å²) in [6, 6.07) is 0. The Morgan fingerprint density at radius 2 is 1.24 bits per heavy atom. The molecule has 2 aromatic heterocycles. The normalized spacial score (nSPS) is 10.8. The van der Waals surface area contributed by atoms with Crippen LogP contribution in [0.4, 0.5) is 10.3 Å². The first-order valence-corrected chi connectivity index (χ1v) is 11.3. The Labute approximate surface area is 200 Å². The minimum atomic E-state index is -0.959. The maximum Gasteiger partial charge on any atom is 0.347 e. The zero-order valence-corrected chi connectivity index (χ0v) is 19.6. The molecule has 14 nitrogen and oxygen atoms in total. The molecule has 0 saturated heterocycles. The number of ether oxygens (including phenoxy) is 2. The lowest BCUT2D eigenvalue weighted by atomic mass is 10.5. The Balaban J connectivity index is 1.77. The van der Waals surface area contributed by atoms with Gasteiger partial charge in [-0.05, 0) is 13.8 Å². The average Bonchev–Trinajstić information content (AvgIpc) is 3.44. The summed E-state index contributed by atoms with van der Waals surface area (Å²) in [7, 11) is 0. The maximum absolute atomic E-state index is 12.1. The average molecular weight is 513 g/mol. The number of anilines is 2. The minimum absolute atomic E-state index is 0.151. The Hall–Kier alpha value is -3.92. The predicted molar refractivity (Wildman–Crippen MR) is 122 cm³/mol. The van der Waals surface area contributed by atoms with Crippen LogP contribution in [0.25, 0.3) is 0 Å². The van der Waals surface area contributed by atoms with Crippen molar-refractivity contribution < 1.29 is 38.3 Å². The van der Waals surface area contributed by atoms with Crippen LogP contribution in [0.2, 0.25) is 0 Å². The fourth-order valence-electron chi connectivity index (χ4n) is 1.88. The number of hydrogen-bond acceptors (Lipinski definition) is 14. The van der Waals surface area contributed by atoms with E-state index in [1.807, 2.05) is 0 Å². The second kappa shape index (κ2) is 14.3. The standard InChI is InChI=1S/C18H20N6O8S2/c1-3-29-13(25)7-31-19-5-11-9-33-17(21-11)23-15(27)16(28)24-18-22-12(10-34-18)6-20-32-8-14(26)30-4-2/h5-6,9-10H,3-4,7-8H2,1-2H3,(H,21,23,27)(H,22,24,28)/b19-5+,20-6+. The summed E-state index contributed by atoms with van der Waals surface area (Å²) in [6.45, 7) is 3.12. The molecule has 2 heterocycles. The number of rotatable bonds is 12. The van der Waals surface area contributed by atoms with Crippen molar-refractivity contribution in [3.8, 4) is 0 Å². The highest BCUT2D eigenvalue weighted by Crippen LogP contribution is 2.16. The molecule has 182 valence electrons. The van der Waals surface area contributed by atoms with Crippen molar-refractivity contribution in [1.82, 2.24) is 9.97 Å². The lowest BCUT2D eigenvalue weighted by Gasteiger charge is -2.01. The van der Waals surface area contributed by atoms with Gasteiger partial charge in [0.2, 0.25) is 13.2 Å². The molecule has 0 bridgehead atoms. The number of esters is 2. The van der Waals surface area contributed by atoms with Crippen molar-refractivity contribution in [3.05, 3.63) is 22.1 Å². The van der Waals surface area contributed by atoms with E-state index in [1.54, 1.807) is 24.6 Å². The molecule has 2 rings (SSSR count). The largest absolute Gasteiger partial charge is 0.463 e. The van der Waals surface area contributed by atoms with E-state index in [2.05, 4.69) is 40.4 Å². The third kappa shape index (κ3) is 9.70. The molecule has 0 aliphatic rings. The van der Waals surface area contributed by atoms with Gasteiger partial charge in [-0.15, -0.1) is 22.7 Å². The van der Waals surface area contributed by atoms with Gasteiger partial charge in [0.05, 0.1) is 37.0 Å². The van der Waals surface area contributed by atoms with Gasteiger partial charge in [-0.25, -0.2) is 19.6 Å². The third-order valence-electron chi connectivity index (χ3n) is 3.19. The smallest absolute Gasteiger partial charge is 0.347 e. The van der Waals surface area contributed by atoms with Gasteiger partial charge in [0.25, 0.3) is 0 Å². The van der Waals surface area contributed by atoms with Crippen LogP contribution in [0, 0.1) is 0 Å². The number of carbonyl (C=O) groups is 4. The van der Waals surface area contributed by atoms with Gasteiger partial charge in [0.1, 0.15) is 0 Å². The first-order chi connectivity index (χ1) is 16.4. The number of nitrogens with zero attached hydrogens (tertiary/aromatic N) is 4. The fraction of sp³-hybridized carbons (Fsp3) is 0.333. The lowest BCUT2D eigenvalue weighted by molar-refractivity contribution is -0.149. The summed E-state index contributed by atoms with van der Waals surface area (Å²) in [5, 5.41) is 15.2. The van der Waals surface area contributed by atoms with E-state index in [0.717, 1.165) is 22.7 Å². The van der Waals surface area contributed by atoms with Gasteiger partial charge >= 0.3 is 23.8 Å². The monoisotopic (exact) mass is 512 g/mol. The molecule has 0 aliphatic heterocycles. The summed E-state index contributed by atoms with van der Waals surface area (Å²) in [4.78, 5) is 64.0. The molecule has 2 N–H and O–H groups in total. The molecule has 0 spiro atoms. The maximum atomic E-state index is 12.1. The number of thiazole rings is 2. The van der Waals surface area contributed by atoms with Gasteiger partial charge in [-0.1, -0.05) is 10.3 Å². The van der Waals surface area contributed by atoms with Crippen LogP contribution in [0.3, 0.4) is 0 Å². The Bertz CT molecular complexity index is 969. The van der Waals surface area contributed by atoms with Crippen LogP contribution < -0.4 is 10.6 Å². The van der Waals surface area contributed by atoms with Crippen molar-refractivity contribution in [3.63, 3.8) is 0 Å². The first-order valence-electron chi connectivity index (χ1n) is 9.56. The van der Waals surface area contributed by atoms with Crippen molar-refractivity contribution in [2.45, 2.75) is 13.8 Å². The number of aromatic nitrogens is 2. The molecule has 2 aromatic rings. The molecule has 0 unspecified atom stereocenters. The van der Waals surface area contributed by atoms with E-state index in [1.165, 1.54) is 12.4 Å². The van der Waals surface area contributed by atoms with Crippen LogP contribution in [0.1, 0.15) is 25.2 Å². The van der Waals surface area contributed by atoms with Crippen LogP contribution >= 0.6 is 22.7 Å². The summed E-state index contributed by atoms with van der Waals surface area (Å²) >= 11 is 2.11. The van der Waals surface area contributed by atoms with Crippen LogP contribution in [-0.2, 0) is 38.3 Å². The third-order valence-corrected chi connectivity index (χ3v) is 4.74. The van der Waals surface area contributed by atoms with Gasteiger partial charge in [-0.2, -0.15) is 0 Å². The zero-order valence-electron chi connectivity index (χ0n) is 18.0.